The Hall–Kier alpha value is -5.58. The van der Waals surface area contributed by atoms with E-state index in [1.165, 1.54) is 12.0 Å². The van der Waals surface area contributed by atoms with Crippen LogP contribution in [0.3, 0.4) is 0 Å². The molecule has 1 saturated heterocycles. The SMILES string of the molecule is COc1cc2c3c(O)c(c(C4CCCC4)cc3c1)C(=O)CN1Cc3c(cccc3C1=O)CC#CO[C@@H]1[C@@H](O)[C@@H](O2)O[C@H](COCC2=C3[CH+]C=CC=C3N=C2)[C@H]1O. The lowest BCUT2D eigenvalue weighted by atomic mass is 9.87. The number of aliphatic imine (C=N–C) groups is 1. The van der Waals surface area contributed by atoms with E-state index in [4.69, 9.17) is 23.7 Å². The van der Waals surface area contributed by atoms with Crippen molar-refractivity contribution < 1.29 is 48.6 Å². The number of Topliss-reactive ketones (excluding diaryl/α,β-unsaturated/α-hetero) is 1. The van der Waals surface area contributed by atoms with Crippen LogP contribution >= 0.6 is 0 Å². The van der Waals surface area contributed by atoms with Gasteiger partial charge in [0.1, 0.15) is 47.7 Å². The number of phenols is 1. The Morgan fingerprint density at radius 2 is 1.95 bits per heavy atom. The molecule has 3 aromatic carbocycles. The number of hydrogen-bond acceptors (Lipinski definition) is 11. The standard InChI is InChI=1S/C44H40N2O10/c1-52-28-16-26-17-31(24-8-2-3-9-24)38-34(47)21-46-20-32-25(10-6-13-30(32)43(46)51)11-7-15-54-42-39(48)36(23-53-22-27-19-45-33-14-5-4-12-29(27)33)56-44(41(42)50)55-35(18-28)37(26)40(38)49/h4-6,10,12-14,16-19,24,36,39,41-42,44,48,50H,2-3,8-9,11,20-23H2,1H3/p+1/t36-,39-,41-,42+,44+/m1/s1. The third-order valence-corrected chi connectivity index (χ3v) is 11.5. The monoisotopic (exact) mass is 757 g/mol. The molecular weight excluding hydrogens is 716 g/mol. The van der Waals surface area contributed by atoms with Gasteiger partial charge in [-0.2, -0.15) is 4.99 Å². The fourth-order valence-corrected chi connectivity index (χ4v) is 8.66. The van der Waals surface area contributed by atoms with Crippen molar-refractivity contribution in [2.24, 2.45) is 4.99 Å². The van der Waals surface area contributed by atoms with Crippen LogP contribution in [0.15, 0.2) is 76.5 Å². The normalized spacial score (nSPS) is 25.6. The largest absolute Gasteiger partial charge is 0.506 e. The summed E-state index contributed by atoms with van der Waals surface area (Å²) < 4.78 is 30.3. The number of aromatic hydroxyl groups is 1. The number of aliphatic hydroxyl groups excluding tert-OH is 2. The number of hydrogen-bond donors (Lipinski definition) is 3. The number of benzene rings is 3. The van der Waals surface area contributed by atoms with E-state index < -0.39 is 36.5 Å². The molecule has 12 heteroatoms. The highest BCUT2D eigenvalue weighted by molar-refractivity contribution is 6.11. The van der Waals surface area contributed by atoms with Gasteiger partial charge in [0, 0.05) is 49.2 Å². The Morgan fingerprint density at radius 3 is 2.79 bits per heavy atom. The molecule has 9 rings (SSSR count). The zero-order valence-electron chi connectivity index (χ0n) is 30.8. The lowest BCUT2D eigenvalue weighted by Gasteiger charge is -2.41. The second kappa shape index (κ2) is 14.8. The van der Waals surface area contributed by atoms with Crippen LogP contribution in [0, 0.1) is 18.4 Å². The van der Waals surface area contributed by atoms with E-state index in [2.05, 4.69) is 17.0 Å². The number of carbonyl (C=O) groups excluding carboxylic acids is 2. The summed E-state index contributed by atoms with van der Waals surface area (Å²) in [5, 5.41) is 36.2. The van der Waals surface area contributed by atoms with Crippen LogP contribution in [0.25, 0.3) is 10.8 Å². The lowest BCUT2D eigenvalue weighted by molar-refractivity contribution is -0.278. The maximum Gasteiger partial charge on any atom is 0.254 e. The summed E-state index contributed by atoms with van der Waals surface area (Å²) >= 11 is 0. The minimum absolute atomic E-state index is 0.0279. The minimum Gasteiger partial charge on any atom is -0.506 e. The van der Waals surface area contributed by atoms with Crippen LogP contribution < -0.4 is 9.47 Å². The number of aliphatic hydroxyl groups is 2. The number of phenolic OH excluding ortho intramolecular Hbond substituents is 1. The highest BCUT2D eigenvalue weighted by Gasteiger charge is 2.48. The summed E-state index contributed by atoms with van der Waals surface area (Å²) in [6.45, 7) is 0.0425. The highest BCUT2D eigenvalue weighted by atomic mass is 16.7. The quantitative estimate of drug-likeness (QED) is 0.235. The van der Waals surface area contributed by atoms with Crippen molar-refractivity contribution in [2.45, 2.75) is 75.3 Å². The van der Waals surface area contributed by atoms with E-state index in [0.29, 0.717) is 22.3 Å². The Kier molecular flexibility index (Phi) is 9.55. The predicted octanol–water partition coefficient (Wildman–Crippen LogP) is 4.83. The van der Waals surface area contributed by atoms with Crippen molar-refractivity contribution >= 4 is 28.7 Å². The van der Waals surface area contributed by atoms with E-state index in [9.17, 15) is 24.9 Å². The molecular formula is C44H41N2O10+. The first-order chi connectivity index (χ1) is 27.3. The van der Waals surface area contributed by atoms with Crippen molar-refractivity contribution in [1.82, 2.24) is 4.90 Å². The number of carbonyl (C=O) groups is 2. The molecule has 6 bridgehead atoms. The van der Waals surface area contributed by atoms with Gasteiger partial charge in [-0.05, 0) is 59.0 Å². The van der Waals surface area contributed by atoms with E-state index in [1.807, 2.05) is 36.8 Å². The minimum atomic E-state index is -1.56. The van der Waals surface area contributed by atoms with Crippen molar-refractivity contribution in [1.29, 1.82) is 0 Å². The van der Waals surface area contributed by atoms with Crippen molar-refractivity contribution in [3.63, 3.8) is 0 Å². The predicted molar refractivity (Wildman–Crippen MR) is 204 cm³/mol. The molecule has 1 saturated carbocycles. The van der Waals surface area contributed by atoms with Crippen LogP contribution in [-0.2, 0) is 27.2 Å². The zero-order valence-corrected chi connectivity index (χ0v) is 30.8. The first-order valence-electron chi connectivity index (χ1n) is 19.0. The Balaban J connectivity index is 1.12. The molecule has 0 radical (unpaired) electrons. The Morgan fingerprint density at radius 1 is 1.09 bits per heavy atom. The lowest BCUT2D eigenvalue weighted by Crippen LogP contribution is -2.60. The van der Waals surface area contributed by atoms with Crippen LogP contribution in [0.5, 0.6) is 17.2 Å². The van der Waals surface area contributed by atoms with Crippen LogP contribution in [-0.4, -0.2) is 95.7 Å². The number of ether oxygens (including phenoxy) is 5. The molecule has 56 heavy (non-hydrogen) atoms. The zero-order chi connectivity index (χ0) is 38.5. The number of rotatable bonds is 6. The van der Waals surface area contributed by atoms with Gasteiger partial charge in [0.05, 0.1) is 43.0 Å². The van der Waals surface area contributed by atoms with Gasteiger partial charge in [-0.1, -0.05) is 30.9 Å². The summed E-state index contributed by atoms with van der Waals surface area (Å²) in [4.78, 5) is 34.1. The molecule has 12 nitrogen and oxygen atoms in total. The average molecular weight is 758 g/mol. The van der Waals surface area contributed by atoms with E-state index in [1.54, 1.807) is 30.5 Å². The molecule has 2 aliphatic carbocycles. The van der Waals surface area contributed by atoms with Gasteiger partial charge in [-0.3, -0.25) is 9.59 Å². The van der Waals surface area contributed by atoms with E-state index in [-0.39, 0.29) is 67.0 Å². The number of ketones is 1. The molecule has 5 atom stereocenters. The second-order valence-corrected chi connectivity index (χ2v) is 14.9. The number of fused-ring (bicyclic) bond motifs is 5. The summed E-state index contributed by atoms with van der Waals surface area (Å²) in [5.74, 6) is 2.51. The van der Waals surface area contributed by atoms with Crippen LogP contribution in [0.2, 0.25) is 0 Å². The van der Waals surface area contributed by atoms with Crippen molar-refractivity contribution in [3.8, 4) is 29.3 Å². The van der Waals surface area contributed by atoms with Gasteiger partial charge >= 0.3 is 0 Å². The molecule has 0 aromatic heterocycles. The number of methoxy groups -OCH3 is 1. The fraction of sp³-hybridized carbons (Fsp3) is 0.364. The smallest absolute Gasteiger partial charge is 0.254 e. The number of nitrogens with zero attached hydrogens (tertiary/aromatic N) is 2. The van der Waals surface area contributed by atoms with Crippen LogP contribution in [0.1, 0.15) is 69.0 Å². The maximum atomic E-state index is 14.4. The fourth-order valence-electron chi connectivity index (χ4n) is 8.66. The molecule has 0 spiro atoms. The first-order valence-corrected chi connectivity index (χ1v) is 19.0. The van der Waals surface area contributed by atoms with E-state index in [0.717, 1.165) is 53.7 Å². The first kappa shape index (κ1) is 36.1. The molecule has 3 N–H and O–H groups in total. The van der Waals surface area contributed by atoms with Crippen molar-refractivity contribution in [3.05, 3.63) is 106 Å². The van der Waals surface area contributed by atoms with Gasteiger partial charge < -0.3 is 43.9 Å². The summed E-state index contributed by atoms with van der Waals surface area (Å²) in [6, 6.07) is 10.6. The summed E-state index contributed by atoms with van der Waals surface area (Å²) in [5.41, 5.74) is 5.54. The molecule has 6 aliphatic rings. The third-order valence-electron chi connectivity index (χ3n) is 11.5. The molecule has 4 aliphatic heterocycles. The Labute approximate surface area is 323 Å². The molecule has 2 fully saturated rings. The highest BCUT2D eigenvalue weighted by Crippen LogP contribution is 2.47. The average Bonchev–Trinajstić information content (AvgIpc) is 3.96. The number of amides is 1. The van der Waals surface area contributed by atoms with Gasteiger partial charge in [0.25, 0.3) is 5.91 Å². The van der Waals surface area contributed by atoms with Gasteiger partial charge in [-0.25, -0.2) is 0 Å². The topological polar surface area (TPSA) is 157 Å². The Bertz CT molecular complexity index is 2310. The van der Waals surface area contributed by atoms with Crippen molar-refractivity contribution in [2.75, 3.05) is 26.9 Å². The molecule has 3 aromatic rings. The van der Waals surface area contributed by atoms with Gasteiger partial charge in [0.2, 0.25) is 6.29 Å². The van der Waals surface area contributed by atoms with Gasteiger partial charge in [0.15, 0.2) is 23.7 Å². The van der Waals surface area contributed by atoms with E-state index >= 15 is 0 Å². The molecule has 286 valence electrons. The second-order valence-electron chi connectivity index (χ2n) is 14.9. The number of allylic oxidation sites excluding steroid dienone is 4. The van der Waals surface area contributed by atoms with Gasteiger partial charge in [-0.15, -0.1) is 0 Å². The molecule has 4 heterocycles. The summed E-state index contributed by atoms with van der Waals surface area (Å²) in [7, 11) is 1.50. The maximum absolute atomic E-state index is 14.4. The third kappa shape index (κ3) is 6.40. The molecule has 1 amide bonds. The van der Waals surface area contributed by atoms with Crippen LogP contribution in [0.4, 0.5) is 0 Å². The molecule has 0 unspecified atom stereocenters. The summed E-state index contributed by atoms with van der Waals surface area (Å²) in [6.07, 6.45) is 9.27.